The van der Waals surface area contributed by atoms with Crippen molar-refractivity contribution in [1.29, 1.82) is 0 Å². The summed E-state index contributed by atoms with van der Waals surface area (Å²) in [4.78, 5) is 0. The van der Waals surface area contributed by atoms with Gasteiger partial charge in [-0.25, -0.2) is 4.11 Å². The Balaban J connectivity index is 4.32. The average Bonchev–Trinajstić information content (AvgIpc) is 1.76. The molecule has 0 atom stereocenters. The van der Waals surface area contributed by atoms with E-state index in [0.29, 0.717) is 0 Å². The second kappa shape index (κ2) is 5.80. The zero-order chi connectivity index (χ0) is 11.4. The standard InChI is InChI=1S/C9H21FO3Si/c1-7(2)11-14(10,12-8(3)4)13-9(5)6/h7-9H,1-6H3. The van der Waals surface area contributed by atoms with Crippen molar-refractivity contribution >= 4 is 9.14 Å². The van der Waals surface area contributed by atoms with Gasteiger partial charge in [-0.3, -0.25) is 0 Å². The second-order valence-corrected chi connectivity index (χ2v) is 5.65. The Morgan fingerprint density at radius 1 is 0.714 bits per heavy atom. The van der Waals surface area contributed by atoms with Gasteiger partial charge in [-0.15, -0.1) is 0 Å². The summed E-state index contributed by atoms with van der Waals surface area (Å²) in [5, 5.41) is 0. The first-order valence-electron chi connectivity index (χ1n) is 4.97. The van der Waals surface area contributed by atoms with E-state index in [0.717, 1.165) is 0 Å². The van der Waals surface area contributed by atoms with E-state index in [1.165, 1.54) is 0 Å². The van der Waals surface area contributed by atoms with Crippen LogP contribution in [0.5, 0.6) is 0 Å². The average molecular weight is 224 g/mol. The molecule has 14 heavy (non-hydrogen) atoms. The molecule has 0 aliphatic heterocycles. The molecule has 0 saturated carbocycles. The Morgan fingerprint density at radius 3 is 1.07 bits per heavy atom. The highest BCUT2D eigenvalue weighted by molar-refractivity contribution is 6.52. The number of halogens is 1. The van der Waals surface area contributed by atoms with Gasteiger partial charge >= 0.3 is 9.14 Å². The zero-order valence-corrected chi connectivity index (χ0v) is 10.8. The molecule has 0 amide bonds. The molecule has 86 valence electrons. The van der Waals surface area contributed by atoms with Gasteiger partial charge in [-0.1, -0.05) is 0 Å². The van der Waals surface area contributed by atoms with E-state index in [-0.39, 0.29) is 18.3 Å². The molecule has 3 nitrogen and oxygen atoms in total. The normalized spacial score (nSPS) is 13.3. The minimum atomic E-state index is -3.94. The highest BCUT2D eigenvalue weighted by atomic mass is 28.4. The van der Waals surface area contributed by atoms with Gasteiger partial charge in [-0.05, 0) is 41.5 Å². The first-order valence-corrected chi connectivity index (χ1v) is 6.58. The van der Waals surface area contributed by atoms with E-state index in [2.05, 4.69) is 0 Å². The molecule has 0 N–H and O–H groups in total. The lowest BCUT2D eigenvalue weighted by atomic mass is 10.5. The van der Waals surface area contributed by atoms with Crippen molar-refractivity contribution < 1.29 is 17.4 Å². The van der Waals surface area contributed by atoms with Crippen LogP contribution < -0.4 is 0 Å². The molecule has 0 heterocycles. The Morgan fingerprint density at radius 2 is 0.929 bits per heavy atom. The van der Waals surface area contributed by atoms with Crippen LogP contribution in [0.2, 0.25) is 0 Å². The summed E-state index contributed by atoms with van der Waals surface area (Å²) in [5.41, 5.74) is 0. The van der Waals surface area contributed by atoms with E-state index in [4.69, 9.17) is 13.3 Å². The van der Waals surface area contributed by atoms with Crippen LogP contribution in [0.3, 0.4) is 0 Å². The molecule has 0 rings (SSSR count). The fourth-order valence-corrected chi connectivity index (χ4v) is 2.78. The van der Waals surface area contributed by atoms with E-state index < -0.39 is 9.14 Å². The van der Waals surface area contributed by atoms with E-state index >= 15 is 0 Å². The minimum absolute atomic E-state index is 0.232. The lowest BCUT2D eigenvalue weighted by molar-refractivity contribution is -0.0302. The third-order valence-electron chi connectivity index (χ3n) is 1.13. The first kappa shape index (κ1) is 14.0. The molecule has 0 aromatic carbocycles. The van der Waals surface area contributed by atoms with Crippen LogP contribution in [0, 0.1) is 0 Å². The van der Waals surface area contributed by atoms with Crippen molar-refractivity contribution in [2.45, 2.75) is 59.9 Å². The number of hydrogen-bond acceptors (Lipinski definition) is 3. The van der Waals surface area contributed by atoms with Gasteiger partial charge in [0, 0.05) is 18.3 Å². The van der Waals surface area contributed by atoms with Crippen LogP contribution in [-0.4, -0.2) is 27.5 Å². The maximum Gasteiger partial charge on any atom is 0.720 e. The molecule has 0 aromatic heterocycles. The highest BCUT2D eigenvalue weighted by Gasteiger charge is 2.47. The lowest BCUT2D eigenvalue weighted by Crippen LogP contribution is -2.46. The van der Waals surface area contributed by atoms with Crippen LogP contribution in [0.4, 0.5) is 4.11 Å². The second-order valence-electron chi connectivity index (χ2n) is 3.98. The molecule has 0 fully saturated rings. The molecule has 0 unspecified atom stereocenters. The predicted molar refractivity (Wildman–Crippen MR) is 55.5 cm³/mol. The Kier molecular flexibility index (Phi) is 5.81. The fraction of sp³-hybridized carbons (Fsp3) is 1.00. The monoisotopic (exact) mass is 224 g/mol. The van der Waals surface area contributed by atoms with Crippen LogP contribution in [0.1, 0.15) is 41.5 Å². The molecule has 0 saturated heterocycles. The number of hydrogen-bond donors (Lipinski definition) is 0. The van der Waals surface area contributed by atoms with Crippen molar-refractivity contribution in [3.8, 4) is 0 Å². The molecule has 0 aliphatic rings. The third-order valence-corrected chi connectivity index (χ3v) is 3.39. The Bertz CT molecular complexity index is 136. The van der Waals surface area contributed by atoms with E-state index in [9.17, 15) is 4.11 Å². The number of rotatable bonds is 6. The first-order chi connectivity index (χ1) is 6.25. The summed E-state index contributed by atoms with van der Waals surface area (Å²) < 4.78 is 29.3. The van der Waals surface area contributed by atoms with Gasteiger partial charge in [0.2, 0.25) is 0 Å². The van der Waals surface area contributed by atoms with Crippen LogP contribution >= 0.6 is 0 Å². The molecular weight excluding hydrogens is 203 g/mol. The minimum Gasteiger partial charge on any atom is -0.346 e. The molecule has 5 heteroatoms. The summed E-state index contributed by atoms with van der Waals surface area (Å²) in [7, 11) is -3.94. The van der Waals surface area contributed by atoms with Gasteiger partial charge in [0.25, 0.3) is 0 Å². The summed E-state index contributed by atoms with van der Waals surface area (Å²) in [5.74, 6) is 0. The lowest BCUT2D eigenvalue weighted by Gasteiger charge is -2.26. The van der Waals surface area contributed by atoms with Crippen LogP contribution in [0.25, 0.3) is 0 Å². The molecule has 0 bridgehead atoms. The van der Waals surface area contributed by atoms with Crippen LogP contribution in [0.15, 0.2) is 0 Å². The summed E-state index contributed by atoms with van der Waals surface area (Å²) in [6, 6.07) is 0. The maximum absolute atomic E-state index is 14.0. The quantitative estimate of drug-likeness (QED) is 0.513. The highest BCUT2D eigenvalue weighted by Crippen LogP contribution is 2.18. The van der Waals surface area contributed by atoms with Gasteiger partial charge in [0.15, 0.2) is 0 Å². The van der Waals surface area contributed by atoms with Gasteiger partial charge in [-0.2, -0.15) is 0 Å². The summed E-state index contributed by atoms with van der Waals surface area (Å²) in [6.07, 6.45) is -0.697. The molecular formula is C9H21FO3Si. The fourth-order valence-electron chi connectivity index (χ4n) is 0.928. The van der Waals surface area contributed by atoms with Crippen molar-refractivity contribution in [3.05, 3.63) is 0 Å². The Labute approximate surface area is 87.1 Å². The largest absolute Gasteiger partial charge is 0.720 e. The van der Waals surface area contributed by atoms with Crippen LogP contribution in [-0.2, 0) is 13.3 Å². The predicted octanol–water partition coefficient (Wildman–Crippen LogP) is 2.67. The van der Waals surface area contributed by atoms with Crippen molar-refractivity contribution in [3.63, 3.8) is 0 Å². The molecule has 0 aliphatic carbocycles. The summed E-state index contributed by atoms with van der Waals surface area (Å²) in [6.45, 7) is 10.6. The zero-order valence-electron chi connectivity index (χ0n) is 9.83. The van der Waals surface area contributed by atoms with Crippen molar-refractivity contribution in [2.24, 2.45) is 0 Å². The van der Waals surface area contributed by atoms with Crippen molar-refractivity contribution in [2.75, 3.05) is 0 Å². The van der Waals surface area contributed by atoms with E-state index in [1.54, 1.807) is 41.5 Å². The maximum atomic E-state index is 14.0. The molecule has 0 spiro atoms. The van der Waals surface area contributed by atoms with Gasteiger partial charge in [0.1, 0.15) is 0 Å². The molecule has 0 aromatic rings. The molecule has 0 radical (unpaired) electrons. The third kappa shape index (κ3) is 6.48. The SMILES string of the molecule is CC(C)O[Si](F)(OC(C)C)OC(C)C. The van der Waals surface area contributed by atoms with Gasteiger partial charge < -0.3 is 13.3 Å². The van der Waals surface area contributed by atoms with Gasteiger partial charge in [0.05, 0.1) is 0 Å². The Hall–Kier alpha value is 0.0269. The summed E-state index contributed by atoms with van der Waals surface area (Å²) >= 11 is 0. The smallest absolute Gasteiger partial charge is 0.346 e. The van der Waals surface area contributed by atoms with E-state index in [1.807, 2.05) is 0 Å². The van der Waals surface area contributed by atoms with Crippen molar-refractivity contribution in [1.82, 2.24) is 0 Å². The topological polar surface area (TPSA) is 27.7 Å².